The molecule has 7 heteroatoms. The first kappa shape index (κ1) is 14.3. The Bertz CT molecular complexity index is 540. The summed E-state index contributed by atoms with van der Waals surface area (Å²) in [6, 6.07) is 4.76. The lowest BCUT2D eigenvalue weighted by Gasteiger charge is -2.11. The van der Waals surface area contributed by atoms with Gasteiger partial charge in [0, 0.05) is 19.2 Å². The number of primary amides is 1. The molecule has 6 nitrogen and oxygen atoms in total. The number of nitrogens with two attached hydrogens (primary N) is 2. The fourth-order valence-corrected chi connectivity index (χ4v) is 2.34. The number of anilines is 2. The van der Waals surface area contributed by atoms with E-state index in [1.54, 1.807) is 12.1 Å². The van der Waals surface area contributed by atoms with Gasteiger partial charge in [0.25, 0.3) is 0 Å². The quantitative estimate of drug-likeness (QED) is 0.510. The number of benzene rings is 1. The Morgan fingerprint density at radius 1 is 1.39 bits per heavy atom. The molecule has 1 amide bonds. The molecule has 1 aromatic carbocycles. The van der Waals surface area contributed by atoms with Crippen LogP contribution in [0.3, 0.4) is 0 Å². The summed E-state index contributed by atoms with van der Waals surface area (Å²) < 4.78 is 22.9. The van der Waals surface area contributed by atoms with Gasteiger partial charge in [-0.1, -0.05) is 6.07 Å². The molecule has 0 aliphatic rings. The molecular weight excluding hydrogens is 254 g/mol. The zero-order chi connectivity index (χ0) is 13.8. The molecule has 0 fully saturated rings. The highest BCUT2D eigenvalue weighted by atomic mass is 32.2. The normalized spacial score (nSPS) is 11.2. The molecule has 0 aliphatic carbocycles. The Labute approximate surface area is 106 Å². The summed E-state index contributed by atoms with van der Waals surface area (Å²) in [6.45, 7) is 0.500. The number of para-hydroxylation sites is 1. The molecule has 0 heterocycles. The molecule has 1 rings (SSSR count). The minimum absolute atomic E-state index is 0.0994. The summed E-state index contributed by atoms with van der Waals surface area (Å²) in [5, 5.41) is 2.98. The van der Waals surface area contributed by atoms with Crippen molar-refractivity contribution in [1.29, 1.82) is 0 Å². The molecular formula is C11H17N3O3S. The smallest absolute Gasteiger partial charge is 0.217 e. The molecule has 1 aromatic rings. The lowest BCUT2D eigenvalue weighted by molar-refractivity contribution is -0.118. The Balaban J connectivity index is 2.76. The van der Waals surface area contributed by atoms with Crippen LogP contribution in [0.5, 0.6) is 0 Å². The van der Waals surface area contributed by atoms with E-state index < -0.39 is 9.84 Å². The molecule has 0 spiro atoms. The second-order valence-corrected chi connectivity index (χ2v) is 5.97. The fourth-order valence-electron chi connectivity index (χ4n) is 1.51. The zero-order valence-corrected chi connectivity index (χ0v) is 11.0. The van der Waals surface area contributed by atoms with Crippen LogP contribution in [-0.2, 0) is 14.6 Å². The number of carbonyl (C=O) groups excluding carboxylic acids is 1. The standard InChI is InChI=1S/C11H17N3O3S/c1-18(16,17)9-5-2-4-8(11(9)13)14-7-3-6-10(12)15/h2,4-5,14H,3,6-7,13H2,1H3,(H2,12,15). The van der Waals surface area contributed by atoms with E-state index in [1.165, 1.54) is 6.07 Å². The third kappa shape index (κ3) is 3.92. The van der Waals surface area contributed by atoms with Crippen molar-refractivity contribution in [3.63, 3.8) is 0 Å². The second-order valence-electron chi connectivity index (χ2n) is 3.99. The average molecular weight is 271 g/mol. The largest absolute Gasteiger partial charge is 0.396 e. The van der Waals surface area contributed by atoms with Crippen LogP contribution >= 0.6 is 0 Å². The molecule has 0 saturated carbocycles. The van der Waals surface area contributed by atoms with Crippen molar-refractivity contribution in [2.24, 2.45) is 5.73 Å². The molecule has 0 aromatic heterocycles. The Morgan fingerprint density at radius 2 is 2.06 bits per heavy atom. The van der Waals surface area contributed by atoms with Crippen LogP contribution in [0, 0.1) is 0 Å². The number of carbonyl (C=O) groups is 1. The number of nitrogen functional groups attached to an aromatic ring is 1. The molecule has 0 aliphatic heterocycles. The molecule has 0 atom stereocenters. The number of nitrogens with one attached hydrogen (secondary N) is 1. The molecule has 0 saturated heterocycles. The first-order chi connectivity index (χ1) is 8.32. The average Bonchev–Trinajstić information content (AvgIpc) is 2.24. The van der Waals surface area contributed by atoms with Gasteiger partial charge in [-0.3, -0.25) is 4.79 Å². The van der Waals surface area contributed by atoms with Crippen LogP contribution in [-0.4, -0.2) is 27.1 Å². The van der Waals surface area contributed by atoms with E-state index in [0.717, 1.165) is 6.26 Å². The minimum atomic E-state index is -3.34. The van der Waals surface area contributed by atoms with Gasteiger partial charge in [-0.2, -0.15) is 0 Å². The first-order valence-corrected chi connectivity index (χ1v) is 7.32. The number of rotatable bonds is 6. The predicted octanol–water partition coefficient (Wildman–Crippen LogP) is 0.350. The van der Waals surface area contributed by atoms with Gasteiger partial charge in [0.1, 0.15) is 0 Å². The number of hydrogen-bond donors (Lipinski definition) is 3. The van der Waals surface area contributed by atoms with Crippen molar-refractivity contribution in [2.45, 2.75) is 17.7 Å². The van der Waals surface area contributed by atoms with Crippen molar-refractivity contribution >= 4 is 27.1 Å². The zero-order valence-electron chi connectivity index (χ0n) is 10.1. The van der Waals surface area contributed by atoms with Gasteiger partial charge in [-0.05, 0) is 18.6 Å². The van der Waals surface area contributed by atoms with Crippen LogP contribution < -0.4 is 16.8 Å². The van der Waals surface area contributed by atoms with Crippen LogP contribution in [0.25, 0.3) is 0 Å². The van der Waals surface area contributed by atoms with Gasteiger partial charge in [0.15, 0.2) is 9.84 Å². The maximum absolute atomic E-state index is 11.5. The maximum Gasteiger partial charge on any atom is 0.217 e. The predicted molar refractivity (Wildman–Crippen MR) is 70.9 cm³/mol. The molecule has 5 N–H and O–H groups in total. The van der Waals surface area contributed by atoms with Crippen LogP contribution in [0.4, 0.5) is 11.4 Å². The van der Waals surface area contributed by atoms with E-state index in [-0.39, 0.29) is 22.9 Å². The van der Waals surface area contributed by atoms with E-state index in [1.807, 2.05) is 0 Å². The molecule has 100 valence electrons. The lowest BCUT2D eigenvalue weighted by Crippen LogP contribution is -2.13. The van der Waals surface area contributed by atoms with E-state index >= 15 is 0 Å². The van der Waals surface area contributed by atoms with E-state index in [0.29, 0.717) is 18.7 Å². The van der Waals surface area contributed by atoms with Crippen LogP contribution in [0.15, 0.2) is 23.1 Å². The van der Waals surface area contributed by atoms with Gasteiger partial charge < -0.3 is 16.8 Å². The highest BCUT2D eigenvalue weighted by Crippen LogP contribution is 2.26. The van der Waals surface area contributed by atoms with E-state index in [2.05, 4.69) is 5.32 Å². The summed E-state index contributed by atoms with van der Waals surface area (Å²) in [5.74, 6) is -0.366. The van der Waals surface area contributed by atoms with Gasteiger partial charge in [-0.25, -0.2) is 8.42 Å². The molecule has 18 heavy (non-hydrogen) atoms. The van der Waals surface area contributed by atoms with Crippen LogP contribution in [0.2, 0.25) is 0 Å². The monoisotopic (exact) mass is 271 g/mol. The number of sulfone groups is 1. The number of amides is 1. The van der Waals surface area contributed by atoms with Crippen molar-refractivity contribution < 1.29 is 13.2 Å². The van der Waals surface area contributed by atoms with Gasteiger partial charge in [0.05, 0.1) is 16.3 Å². The van der Waals surface area contributed by atoms with Crippen LogP contribution in [0.1, 0.15) is 12.8 Å². The highest BCUT2D eigenvalue weighted by Gasteiger charge is 2.13. The van der Waals surface area contributed by atoms with Crippen molar-refractivity contribution in [3.8, 4) is 0 Å². The van der Waals surface area contributed by atoms with Gasteiger partial charge >= 0.3 is 0 Å². The third-order valence-electron chi connectivity index (χ3n) is 2.38. The SMILES string of the molecule is CS(=O)(=O)c1cccc(NCCCC(N)=O)c1N. The Hall–Kier alpha value is -1.76. The summed E-state index contributed by atoms with van der Waals surface area (Å²) in [7, 11) is -3.34. The molecule has 0 bridgehead atoms. The van der Waals surface area contributed by atoms with E-state index in [9.17, 15) is 13.2 Å². The lowest BCUT2D eigenvalue weighted by atomic mass is 10.2. The van der Waals surface area contributed by atoms with E-state index in [4.69, 9.17) is 11.5 Å². The first-order valence-electron chi connectivity index (χ1n) is 5.43. The maximum atomic E-state index is 11.5. The fraction of sp³-hybridized carbons (Fsp3) is 0.364. The molecule has 0 unspecified atom stereocenters. The Kier molecular flexibility index (Phi) is 4.55. The number of hydrogen-bond acceptors (Lipinski definition) is 5. The van der Waals surface area contributed by atoms with Crippen molar-refractivity contribution in [2.75, 3.05) is 23.9 Å². The summed E-state index contributed by atoms with van der Waals surface area (Å²) in [4.78, 5) is 10.7. The summed E-state index contributed by atoms with van der Waals surface area (Å²) >= 11 is 0. The van der Waals surface area contributed by atoms with Gasteiger partial charge in [0.2, 0.25) is 5.91 Å². The third-order valence-corrected chi connectivity index (χ3v) is 3.54. The Morgan fingerprint density at radius 3 is 2.61 bits per heavy atom. The topological polar surface area (TPSA) is 115 Å². The summed E-state index contributed by atoms with van der Waals surface area (Å²) in [5.41, 5.74) is 11.5. The second kappa shape index (κ2) is 5.72. The highest BCUT2D eigenvalue weighted by molar-refractivity contribution is 7.90. The van der Waals surface area contributed by atoms with Gasteiger partial charge in [-0.15, -0.1) is 0 Å². The van der Waals surface area contributed by atoms with Crippen molar-refractivity contribution in [1.82, 2.24) is 0 Å². The minimum Gasteiger partial charge on any atom is -0.396 e. The summed E-state index contributed by atoms with van der Waals surface area (Å²) in [6.07, 6.45) is 1.95. The van der Waals surface area contributed by atoms with Crippen molar-refractivity contribution in [3.05, 3.63) is 18.2 Å². The molecule has 0 radical (unpaired) electrons.